The van der Waals surface area contributed by atoms with E-state index < -0.39 is 6.09 Å². The number of carbonyl (C=O) groups excluding carboxylic acids is 3. The Labute approximate surface area is 121 Å². The molecule has 20 heavy (non-hydrogen) atoms. The summed E-state index contributed by atoms with van der Waals surface area (Å²) in [5, 5.41) is 0. The molecular weight excluding hydrogens is 260 g/mol. The van der Waals surface area contributed by atoms with E-state index >= 15 is 0 Å². The molecule has 0 heterocycles. The van der Waals surface area contributed by atoms with E-state index in [1.807, 2.05) is 20.8 Å². The van der Waals surface area contributed by atoms with Crippen LogP contribution in [0.4, 0.5) is 4.79 Å². The number of imide groups is 1. The first-order valence-corrected chi connectivity index (χ1v) is 6.67. The molecule has 0 rings (SSSR count). The average Bonchev–Trinajstić information content (AvgIpc) is 2.34. The molecule has 1 unspecified atom stereocenters. The number of hydrogen-bond donors (Lipinski definition) is 0. The van der Waals surface area contributed by atoms with Crippen LogP contribution in [0.15, 0.2) is 0 Å². The van der Waals surface area contributed by atoms with Gasteiger partial charge < -0.3 is 9.64 Å². The molecule has 0 aromatic rings. The number of ether oxygens (including phenoxy) is 1. The Hall–Kier alpha value is -1.59. The smallest absolute Gasteiger partial charge is 0.409 e. The fraction of sp³-hybridized carbons (Fsp3) is 0.786. The molecule has 0 aliphatic carbocycles. The van der Waals surface area contributed by atoms with Gasteiger partial charge in [-0.15, -0.1) is 0 Å². The summed E-state index contributed by atoms with van der Waals surface area (Å²) >= 11 is 0. The van der Waals surface area contributed by atoms with Crippen molar-refractivity contribution in [3.63, 3.8) is 0 Å². The molecule has 0 aliphatic heterocycles. The molecule has 0 fully saturated rings. The lowest BCUT2D eigenvalue weighted by molar-refractivity contribution is -0.144. The molecule has 0 saturated heterocycles. The molecule has 0 aromatic heterocycles. The summed E-state index contributed by atoms with van der Waals surface area (Å²) in [4.78, 5) is 37.2. The van der Waals surface area contributed by atoms with E-state index in [0.29, 0.717) is 6.42 Å². The molecule has 0 aromatic carbocycles. The Balaban J connectivity index is 4.22. The highest BCUT2D eigenvalue weighted by Crippen LogP contribution is 2.13. The molecule has 0 radical (unpaired) electrons. The topological polar surface area (TPSA) is 66.9 Å². The third-order valence-corrected chi connectivity index (χ3v) is 3.28. The number of nitrogens with zero attached hydrogens (tertiary/aromatic N) is 2. The maximum Gasteiger partial charge on any atom is 0.409 e. The predicted molar refractivity (Wildman–Crippen MR) is 76.1 cm³/mol. The van der Waals surface area contributed by atoms with Gasteiger partial charge in [0, 0.05) is 32.5 Å². The fourth-order valence-electron chi connectivity index (χ4n) is 1.30. The number of carbonyl (C=O) groups is 3. The first-order valence-electron chi connectivity index (χ1n) is 6.67. The van der Waals surface area contributed by atoms with E-state index in [4.69, 9.17) is 4.74 Å². The Morgan fingerprint density at radius 3 is 2.05 bits per heavy atom. The highest BCUT2D eigenvalue weighted by Gasteiger charge is 2.24. The van der Waals surface area contributed by atoms with E-state index in [1.54, 1.807) is 14.0 Å². The summed E-state index contributed by atoms with van der Waals surface area (Å²) in [6.07, 6.45) is -0.0303. The average molecular weight is 286 g/mol. The zero-order valence-corrected chi connectivity index (χ0v) is 13.5. The molecule has 3 amide bonds. The molecule has 0 aliphatic rings. The molecule has 1 atom stereocenters. The van der Waals surface area contributed by atoms with Crippen LogP contribution in [-0.2, 0) is 14.3 Å². The highest BCUT2D eigenvalue weighted by atomic mass is 16.6. The molecular formula is C14H26N2O4. The van der Waals surface area contributed by atoms with E-state index in [-0.39, 0.29) is 29.9 Å². The maximum absolute atomic E-state index is 11.8. The van der Waals surface area contributed by atoms with E-state index in [1.165, 1.54) is 18.9 Å². The molecule has 0 saturated carbocycles. The lowest BCUT2D eigenvalue weighted by Gasteiger charge is -2.31. The Bertz CT molecular complexity index is 374. The van der Waals surface area contributed by atoms with Crippen LogP contribution >= 0.6 is 0 Å². The summed E-state index contributed by atoms with van der Waals surface area (Å²) < 4.78 is 5.12. The second-order valence-corrected chi connectivity index (χ2v) is 5.95. The van der Waals surface area contributed by atoms with E-state index in [0.717, 1.165) is 4.90 Å². The lowest BCUT2D eigenvalue weighted by Crippen LogP contribution is -2.43. The molecule has 6 heteroatoms. The summed E-state index contributed by atoms with van der Waals surface area (Å²) in [5.74, 6) is -0.930. The minimum absolute atomic E-state index is 0.151. The van der Waals surface area contributed by atoms with Crippen molar-refractivity contribution in [3.8, 4) is 0 Å². The first kappa shape index (κ1) is 18.4. The van der Waals surface area contributed by atoms with Crippen molar-refractivity contribution >= 4 is 17.9 Å². The normalized spacial score (nSPS) is 12.6. The second kappa shape index (κ2) is 7.26. The van der Waals surface area contributed by atoms with Crippen molar-refractivity contribution < 1.29 is 19.1 Å². The molecule has 0 bridgehead atoms. The van der Waals surface area contributed by atoms with E-state index in [9.17, 15) is 14.4 Å². The van der Waals surface area contributed by atoms with Crippen LogP contribution in [0.1, 0.15) is 41.0 Å². The van der Waals surface area contributed by atoms with Crippen molar-refractivity contribution in [2.75, 3.05) is 20.7 Å². The highest BCUT2D eigenvalue weighted by molar-refractivity contribution is 5.94. The minimum atomic E-state index is -0.419. The Morgan fingerprint density at radius 1 is 1.15 bits per heavy atom. The van der Waals surface area contributed by atoms with Crippen LogP contribution in [-0.4, -0.2) is 53.9 Å². The summed E-state index contributed by atoms with van der Waals surface area (Å²) in [6, 6.07) is 0. The third kappa shape index (κ3) is 5.59. The van der Waals surface area contributed by atoms with Crippen LogP contribution in [0.25, 0.3) is 0 Å². The van der Waals surface area contributed by atoms with Crippen molar-refractivity contribution in [2.24, 2.45) is 5.92 Å². The van der Waals surface area contributed by atoms with Crippen molar-refractivity contribution in [1.82, 2.24) is 9.80 Å². The zero-order valence-electron chi connectivity index (χ0n) is 13.5. The van der Waals surface area contributed by atoms with Gasteiger partial charge in [0.2, 0.25) is 11.8 Å². The van der Waals surface area contributed by atoms with Gasteiger partial charge >= 0.3 is 6.09 Å². The number of amides is 3. The van der Waals surface area contributed by atoms with Crippen LogP contribution in [0.3, 0.4) is 0 Å². The quantitative estimate of drug-likeness (QED) is 0.791. The predicted octanol–water partition coefficient (Wildman–Crippen LogP) is 1.88. The number of rotatable bonds is 4. The monoisotopic (exact) mass is 286 g/mol. The van der Waals surface area contributed by atoms with Crippen molar-refractivity contribution in [1.29, 1.82) is 0 Å². The number of hydrogen-bond acceptors (Lipinski definition) is 4. The minimum Gasteiger partial charge on any atom is -0.449 e. The second-order valence-electron chi connectivity index (χ2n) is 5.95. The van der Waals surface area contributed by atoms with Gasteiger partial charge in [0.15, 0.2) is 0 Å². The molecule has 0 N–H and O–H groups in total. The summed E-state index contributed by atoms with van der Waals surface area (Å²) in [5.41, 5.74) is -0.312. The van der Waals surface area contributed by atoms with Gasteiger partial charge in [0.25, 0.3) is 0 Å². The van der Waals surface area contributed by atoms with E-state index in [2.05, 4.69) is 0 Å². The largest absolute Gasteiger partial charge is 0.449 e. The molecule has 0 spiro atoms. The zero-order chi connectivity index (χ0) is 16.1. The fourth-order valence-corrected chi connectivity index (χ4v) is 1.30. The van der Waals surface area contributed by atoms with Gasteiger partial charge in [0.05, 0.1) is 6.61 Å². The van der Waals surface area contributed by atoms with Gasteiger partial charge in [-0.25, -0.2) is 4.79 Å². The van der Waals surface area contributed by atoms with Gasteiger partial charge in [0.1, 0.15) is 0 Å². The van der Waals surface area contributed by atoms with Crippen molar-refractivity contribution in [3.05, 3.63) is 0 Å². The maximum atomic E-state index is 11.8. The van der Waals surface area contributed by atoms with Gasteiger partial charge in [-0.2, -0.15) is 0 Å². The van der Waals surface area contributed by atoms with Crippen LogP contribution in [0.2, 0.25) is 0 Å². The van der Waals surface area contributed by atoms with Gasteiger partial charge in [-0.3, -0.25) is 14.5 Å². The lowest BCUT2D eigenvalue weighted by atomic mass is 10.1. The van der Waals surface area contributed by atoms with Gasteiger partial charge in [-0.05, 0) is 27.2 Å². The third-order valence-electron chi connectivity index (χ3n) is 3.28. The summed E-state index contributed by atoms with van der Waals surface area (Å²) in [7, 11) is 3.11. The van der Waals surface area contributed by atoms with Crippen LogP contribution in [0.5, 0.6) is 0 Å². The summed E-state index contributed by atoms with van der Waals surface area (Å²) in [6.45, 7) is 8.91. The standard InChI is InChI=1S/C14H26N2O4/c1-10(12(18)15(6)11(2)17)8-9-20-13(19)16(7)14(3,4)5/h10H,8-9H2,1-7H3. The van der Waals surface area contributed by atoms with Crippen molar-refractivity contribution in [2.45, 2.75) is 46.6 Å². The first-order chi connectivity index (χ1) is 8.98. The molecule has 116 valence electrons. The Morgan fingerprint density at radius 2 is 1.65 bits per heavy atom. The van der Waals surface area contributed by atoms with Crippen LogP contribution in [0, 0.1) is 5.92 Å². The molecule has 6 nitrogen and oxygen atoms in total. The SMILES string of the molecule is CC(=O)N(C)C(=O)C(C)CCOC(=O)N(C)C(C)(C)C. The Kier molecular flexibility index (Phi) is 6.68. The van der Waals surface area contributed by atoms with Crippen LogP contribution < -0.4 is 0 Å². The van der Waals surface area contributed by atoms with Gasteiger partial charge in [-0.1, -0.05) is 6.92 Å².